The highest BCUT2D eigenvalue weighted by Crippen LogP contribution is 2.02. The SMILES string of the molecule is COC(=O)CCC(=O)Nc1cnc(C)cn1. The second-order valence-corrected chi connectivity index (χ2v) is 3.17. The average Bonchev–Trinajstić information content (AvgIpc) is 2.29. The molecule has 0 atom stereocenters. The third-order valence-electron chi connectivity index (χ3n) is 1.83. The van der Waals surface area contributed by atoms with Crippen molar-refractivity contribution in [2.45, 2.75) is 19.8 Å². The summed E-state index contributed by atoms with van der Waals surface area (Å²) in [7, 11) is 1.28. The van der Waals surface area contributed by atoms with Crippen molar-refractivity contribution in [3.63, 3.8) is 0 Å². The molecule has 86 valence electrons. The first-order valence-electron chi connectivity index (χ1n) is 4.77. The van der Waals surface area contributed by atoms with E-state index in [4.69, 9.17) is 0 Å². The first-order chi connectivity index (χ1) is 7.61. The lowest BCUT2D eigenvalue weighted by Gasteiger charge is -2.03. The summed E-state index contributed by atoms with van der Waals surface area (Å²) in [4.78, 5) is 30.0. The minimum Gasteiger partial charge on any atom is -0.469 e. The number of anilines is 1. The number of hydrogen-bond donors (Lipinski definition) is 1. The molecule has 1 heterocycles. The Kier molecular flexibility index (Phi) is 4.38. The van der Waals surface area contributed by atoms with E-state index >= 15 is 0 Å². The minimum atomic E-state index is -0.412. The Morgan fingerprint density at radius 1 is 1.31 bits per heavy atom. The van der Waals surface area contributed by atoms with Gasteiger partial charge in [-0.3, -0.25) is 14.6 Å². The second-order valence-electron chi connectivity index (χ2n) is 3.17. The number of nitrogens with zero attached hydrogens (tertiary/aromatic N) is 2. The fourth-order valence-corrected chi connectivity index (χ4v) is 0.980. The molecule has 1 rings (SSSR count). The molecule has 1 N–H and O–H groups in total. The van der Waals surface area contributed by atoms with Gasteiger partial charge in [-0.25, -0.2) is 4.98 Å². The van der Waals surface area contributed by atoms with Crippen molar-refractivity contribution in [1.82, 2.24) is 9.97 Å². The van der Waals surface area contributed by atoms with Gasteiger partial charge in [0.2, 0.25) is 5.91 Å². The van der Waals surface area contributed by atoms with Gasteiger partial charge in [0.25, 0.3) is 0 Å². The molecule has 1 amide bonds. The van der Waals surface area contributed by atoms with Gasteiger partial charge in [-0.15, -0.1) is 0 Å². The first kappa shape index (κ1) is 12.1. The predicted octanol–water partition coefficient (Wildman–Crippen LogP) is 0.677. The molecule has 0 aromatic carbocycles. The van der Waals surface area contributed by atoms with E-state index in [1.165, 1.54) is 13.3 Å². The number of aryl methyl sites for hydroxylation is 1. The molecule has 0 aliphatic carbocycles. The third-order valence-corrected chi connectivity index (χ3v) is 1.83. The molecule has 0 aliphatic heterocycles. The molecule has 16 heavy (non-hydrogen) atoms. The molecule has 0 radical (unpaired) electrons. The summed E-state index contributed by atoms with van der Waals surface area (Å²) in [5.74, 6) is -0.325. The Bertz CT molecular complexity index is 375. The van der Waals surface area contributed by atoms with E-state index in [-0.39, 0.29) is 18.7 Å². The van der Waals surface area contributed by atoms with Crippen LogP contribution in [0.3, 0.4) is 0 Å². The van der Waals surface area contributed by atoms with Gasteiger partial charge in [0.05, 0.1) is 31.6 Å². The summed E-state index contributed by atoms with van der Waals surface area (Å²) in [6, 6.07) is 0. The lowest BCUT2D eigenvalue weighted by molar-refractivity contribution is -0.141. The zero-order chi connectivity index (χ0) is 12.0. The molecule has 6 heteroatoms. The van der Waals surface area contributed by atoms with Gasteiger partial charge in [-0.1, -0.05) is 0 Å². The van der Waals surface area contributed by atoms with E-state index in [9.17, 15) is 9.59 Å². The zero-order valence-corrected chi connectivity index (χ0v) is 9.19. The van der Waals surface area contributed by atoms with Crippen LogP contribution in [0, 0.1) is 6.92 Å². The van der Waals surface area contributed by atoms with E-state index in [1.54, 1.807) is 13.1 Å². The van der Waals surface area contributed by atoms with Gasteiger partial charge < -0.3 is 10.1 Å². The molecule has 1 aromatic rings. The standard InChI is InChI=1S/C10H13N3O3/c1-7-5-12-8(6-11-7)13-9(14)3-4-10(15)16-2/h5-6H,3-4H2,1-2H3,(H,12,13,14). The maximum atomic E-state index is 11.3. The Morgan fingerprint density at radius 3 is 2.62 bits per heavy atom. The molecule has 1 aromatic heterocycles. The van der Waals surface area contributed by atoms with Crippen molar-refractivity contribution in [1.29, 1.82) is 0 Å². The highest BCUT2D eigenvalue weighted by atomic mass is 16.5. The predicted molar refractivity (Wildman–Crippen MR) is 56.6 cm³/mol. The topological polar surface area (TPSA) is 81.2 Å². The monoisotopic (exact) mass is 223 g/mol. The number of carbonyl (C=O) groups is 2. The van der Waals surface area contributed by atoms with Gasteiger partial charge in [0, 0.05) is 6.42 Å². The van der Waals surface area contributed by atoms with E-state index in [0.717, 1.165) is 5.69 Å². The lowest BCUT2D eigenvalue weighted by Crippen LogP contribution is -2.14. The summed E-state index contributed by atoms with van der Waals surface area (Å²) in [6.45, 7) is 1.80. The minimum absolute atomic E-state index is 0.0572. The van der Waals surface area contributed by atoms with E-state index in [0.29, 0.717) is 5.82 Å². The quantitative estimate of drug-likeness (QED) is 0.759. The summed E-state index contributed by atoms with van der Waals surface area (Å²) < 4.78 is 4.42. The maximum Gasteiger partial charge on any atom is 0.306 e. The molecule has 0 aliphatic rings. The van der Waals surface area contributed by atoms with Crippen LogP contribution in [0.2, 0.25) is 0 Å². The highest BCUT2D eigenvalue weighted by Gasteiger charge is 2.07. The highest BCUT2D eigenvalue weighted by molar-refractivity contribution is 5.91. The van der Waals surface area contributed by atoms with Crippen LogP contribution in [0.1, 0.15) is 18.5 Å². The number of nitrogens with one attached hydrogen (secondary N) is 1. The molecular formula is C10H13N3O3. The number of hydrogen-bond acceptors (Lipinski definition) is 5. The van der Waals surface area contributed by atoms with E-state index in [1.807, 2.05) is 0 Å². The Hall–Kier alpha value is -1.98. The van der Waals surface area contributed by atoms with Crippen molar-refractivity contribution in [3.8, 4) is 0 Å². The zero-order valence-electron chi connectivity index (χ0n) is 9.19. The molecular weight excluding hydrogens is 210 g/mol. The fourth-order valence-electron chi connectivity index (χ4n) is 0.980. The lowest BCUT2D eigenvalue weighted by atomic mass is 10.3. The number of rotatable bonds is 4. The molecule has 0 saturated carbocycles. The smallest absolute Gasteiger partial charge is 0.306 e. The van der Waals surface area contributed by atoms with Gasteiger partial charge in [-0.05, 0) is 6.92 Å². The number of methoxy groups -OCH3 is 1. The van der Waals surface area contributed by atoms with Crippen LogP contribution in [0.4, 0.5) is 5.82 Å². The second kappa shape index (κ2) is 5.79. The van der Waals surface area contributed by atoms with Crippen molar-refractivity contribution >= 4 is 17.7 Å². The Morgan fingerprint density at radius 2 is 2.06 bits per heavy atom. The van der Waals surface area contributed by atoms with Gasteiger partial charge >= 0.3 is 5.97 Å². The van der Waals surface area contributed by atoms with Crippen LogP contribution in [0.15, 0.2) is 12.4 Å². The van der Waals surface area contributed by atoms with E-state index < -0.39 is 5.97 Å². The molecule has 0 spiro atoms. The van der Waals surface area contributed by atoms with Crippen LogP contribution in [-0.4, -0.2) is 29.0 Å². The average molecular weight is 223 g/mol. The molecule has 0 unspecified atom stereocenters. The summed E-state index contributed by atoms with van der Waals surface area (Å²) >= 11 is 0. The molecule has 0 fully saturated rings. The van der Waals surface area contributed by atoms with Gasteiger partial charge in [0.15, 0.2) is 5.82 Å². The Balaban J connectivity index is 2.40. The Labute approximate surface area is 93.0 Å². The van der Waals surface area contributed by atoms with Gasteiger partial charge in [0.1, 0.15) is 0 Å². The summed E-state index contributed by atoms with van der Waals surface area (Å²) in [5, 5.41) is 2.53. The van der Waals surface area contributed by atoms with Crippen molar-refractivity contribution in [2.75, 3.05) is 12.4 Å². The van der Waals surface area contributed by atoms with Crippen molar-refractivity contribution < 1.29 is 14.3 Å². The normalized spacial score (nSPS) is 9.62. The number of aromatic nitrogens is 2. The first-order valence-corrected chi connectivity index (χ1v) is 4.77. The van der Waals surface area contributed by atoms with Crippen LogP contribution in [0.25, 0.3) is 0 Å². The van der Waals surface area contributed by atoms with Gasteiger partial charge in [-0.2, -0.15) is 0 Å². The van der Waals surface area contributed by atoms with Crippen LogP contribution >= 0.6 is 0 Å². The fraction of sp³-hybridized carbons (Fsp3) is 0.400. The van der Waals surface area contributed by atoms with E-state index in [2.05, 4.69) is 20.0 Å². The molecule has 6 nitrogen and oxygen atoms in total. The number of amides is 1. The summed E-state index contributed by atoms with van der Waals surface area (Å²) in [5.41, 5.74) is 0.771. The van der Waals surface area contributed by atoms with Crippen molar-refractivity contribution in [3.05, 3.63) is 18.1 Å². The largest absolute Gasteiger partial charge is 0.469 e. The van der Waals surface area contributed by atoms with Crippen molar-refractivity contribution in [2.24, 2.45) is 0 Å². The summed E-state index contributed by atoms with van der Waals surface area (Å²) in [6.07, 6.45) is 3.14. The number of carbonyl (C=O) groups excluding carboxylic acids is 2. The molecule has 0 bridgehead atoms. The van der Waals surface area contributed by atoms with Crippen LogP contribution in [-0.2, 0) is 14.3 Å². The maximum absolute atomic E-state index is 11.3. The van der Waals surface area contributed by atoms with Crippen LogP contribution < -0.4 is 5.32 Å². The van der Waals surface area contributed by atoms with Crippen LogP contribution in [0.5, 0.6) is 0 Å². The third kappa shape index (κ3) is 4.04. The number of esters is 1. The molecule has 0 saturated heterocycles. The number of ether oxygens (including phenoxy) is 1.